The van der Waals surface area contributed by atoms with E-state index in [0.29, 0.717) is 12.8 Å². The van der Waals surface area contributed by atoms with Crippen LogP contribution in [0.4, 0.5) is 0 Å². The molecule has 1 fully saturated rings. The zero-order chi connectivity index (χ0) is 49.7. The molecular formula is C57H91NO10. The van der Waals surface area contributed by atoms with Gasteiger partial charge in [-0.3, -0.25) is 9.59 Å². The van der Waals surface area contributed by atoms with Crippen molar-refractivity contribution in [3.8, 4) is 0 Å². The maximum atomic E-state index is 13.3. The number of carbonyl (C=O) groups is 2. The van der Waals surface area contributed by atoms with E-state index in [1.165, 1.54) is 44.9 Å². The second-order valence-electron chi connectivity index (χ2n) is 17.4. The van der Waals surface area contributed by atoms with Gasteiger partial charge in [-0.15, -0.1) is 0 Å². The summed E-state index contributed by atoms with van der Waals surface area (Å²) >= 11 is 0. The molecule has 0 aromatic rings. The molecule has 1 rings (SSSR count). The molecule has 0 aromatic carbocycles. The van der Waals surface area contributed by atoms with Gasteiger partial charge in [0.15, 0.2) is 12.4 Å². The van der Waals surface area contributed by atoms with Crippen LogP contribution in [0.25, 0.3) is 0 Å². The van der Waals surface area contributed by atoms with Gasteiger partial charge in [-0.25, -0.2) is 0 Å². The van der Waals surface area contributed by atoms with Gasteiger partial charge in [0.05, 0.1) is 25.4 Å². The Hall–Kier alpha value is -3.94. The summed E-state index contributed by atoms with van der Waals surface area (Å²) in [6.07, 6.45) is 49.7. The van der Waals surface area contributed by atoms with Gasteiger partial charge in [0, 0.05) is 6.42 Å². The Kier molecular flexibility index (Phi) is 40.4. The maximum absolute atomic E-state index is 13.3. The van der Waals surface area contributed by atoms with Gasteiger partial charge in [0.25, 0.3) is 0 Å². The molecule has 0 aliphatic carbocycles. The van der Waals surface area contributed by atoms with E-state index in [1.54, 1.807) is 6.08 Å². The van der Waals surface area contributed by atoms with E-state index in [0.717, 1.165) is 70.6 Å². The molecule has 11 heteroatoms. The van der Waals surface area contributed by atoms with Crippen molar-refractivity contribution in [1.29, 1.82) is 0 Å². The van der Waals surface area contributed by atoms with Gasteiger partial charge in [-0.05, 0) is 64.2 Å². The third-order valence-corrected chi connectivity index (χ3v) is 11.3. The van der Waals surface area contributed by atoms with Gasteiger partial charge in [-0.2, -0.15) is 0 Å². The second-order valence-corrected chi connectivity index (χ2v) is 17.4. The lowest BCUT2D eigenvalue weighted by Crippen LogP contribution is -2.61. The van der Waals surface area contributed by atoms with E-state index in [2.05, 4.69) is 44.3 Å². The SMILES string of the molecule is CC/C=C/C=C/C=C\C=C/C=C/CCCCC(O)C(=O)NC(COC1OC(CO)C(O)C(O)C1OC(=O)CCCCC\C=C/C=C\C=C\C=C\CC)C(O)/C=C/CCCCCCCCCCCC. The summed E-state index contributed by atoms with van der Waals surface area (Å²) in [5.41, 5.74) is 0. The van der Waals surface area contributed by atoms with Crippen LogP contribution in [0, 0.1) is 0 Å². The second kappa shape index (κ2) is 44.3. The number of amides is 1. The minimum atomic E-state index is -1.64. The summed E-state index contributed by atoms with van der Waals surface area (Å²) in [5.74, 6) is -1.30. The molecule has 1 aliphatic rings. The van der Waals surface area contributed by atoms with Crippen molar-refractivity contribution in [2.45, 2.75) is 211 Å². The van der Waals surface area contributed by atoms with Gasteiger partial charge < -0.3 is 45.1 Å². The monoisotopic (exact) mass is 950 g/mol. The third kappa shape index (κ3) is 32.7. The number of carbonyl (C=O) groups excluding carboxylic acids is 2. The first-order chi connectivity index (χ1) is 33.2. The van der Waals surface area contributed by atoms with Crippen LogP contribution in [-0.2, 0) is 23.8 Å². The molecule has 1 heterocycles. The molecule has 8 atom stereocenters. The number of hydrogen-bond donors (Lipinski definition) is 6. The van der Waals surface area contributed by atoms with Gasteiger partial charge >= 0.3 is 5.97 Å². The van der Waals surface area contributed by atoms with Crippen LogP contribution in [0.3, 0.4) is 0 Å². The van der Waals surface area contributed by atoms with Crippen LogP contribution in [0.1, 0.15) is 162 Å². The summed E-state index contributed by atoms with van der Waals surface area (Å²) in [6.45, 7) is 5.39. The molecule has 1 saturated heterocycles. The zero-order valence-electron chi connectivity index (χ0n) is 41.9. The third-order valence-electron chi connectivity index (χ3n) is 11.3. The van der Waals surface area contributed by atoms with Crippen molar-refractivity contribution in [2.75, 3.05) is 13.2 Å². The predicted octanol–water partition coefficient (Wildman–Crippen LogP) is 10.8. The number of esters is 1. The molecule has 0 radical (unpaired) electrons. The van der Waals surface area contributed by atoms with Crippen molar-refractivity contribution in [3.05, 3.63) is 122 Å². The Balaban J connectivity index is 2.86. The maximum Gasteiger partial charge on any atom is 0.306 e. The largest absolute Gasteiger partial charge is 0.454 e. The molecule has 0 saturated carbocycles. The highest BCUT2D eigenvalue weighted by molar-refractivity contribution is 5.80. The Morgan fingerprint density at radius 1 is 0.588 bits per heavy atom. The summed E-state index contributed by atoms with van der Waals surface area (Å²) in [6, 6.07) is -1.06. The van der Waals surface area contributed by atoms with Crippen LogP contribution < -0.4 is 5.32 Å². The van der Waals surface area contributed by atoms with Crippen molar-refractivity contribution >= 4 is 11.9 Å². The van der Waals surface area contributed by atoms with E-state index in [4.69, 9.17) is 14.2 Å². The van der Waals surface area contributed by atoms with E-state index < -0.39 is 67.4 Å². The van der Waals surface area contributed by atoms with Gasteiger partial charge in [0.1, 0.15) is 24.4 Å². The number of rotatable bonds is 40. The van der Waals surface area contributed by atoms with Crippen molar-refractivity contribution < 1.29 is 49.3 Å². The highest BCUT2D eigenvalue weighted by Gasteiger charge is 2.47. The molecule has 384 valence electrons. The Morgan fingerprint density at radius 3 is 1.59 bits per heavy atom. The fraction of sp³-hybridized carbons (Fsp3) is 0.614. The quantitative estimate of drug-likeness (QED) is 0.0150. The Bertz CT molecular complexity index is 1560. The topological polar surface area (TPSA) is 175 Å². The molecule has 0 aromatic heterocycles. The standard InChI is InChI=1S/C57H91NO10/c1-4-7-10-13-16-19-22-25-27-29-32-35-38-41-44-50(61)56(65)58-48(49(60)43-40-37-34-31-28-24-21-18-15-12-9-6-3)47-66-57-55(54(64)53(63)51(46-59)67-57)68-52(62)45-42-39-36-33-30-26-23-20-17-14-11-8-5-2/h7-8,10-11,13-14,16-17,19-20,22-23,25-27,29-30,32,40,43,48-51,53-55,57,59-61,63-64H,4-6,9,12,15,18,21,24,28,31,33-39,41-42,44-47H2,1-3H3,(H,58,65)/b10-7+,11-8+,16-13+,17-14+,22-19-,23-20-,27-25-,30-26-,32-29+,43-40+. The van der Waals surface area contributed by atoms with Crippen LogP contribution in [0.5, 0.6) is 0 Å². The number of unbranched alkanes of at least 4 members (excludes halogenated alkanes) is 15. The first-order valence-corrected chi connectivity index (χ1v) is 25.9. The minimum absolute atomic E-state index is 0.0643. The van der Waals surface area contributed by atoms with Crippen molar-refractivity contribution in [2.24, 2.45) is 0 Å². The number of nitrogens with one attached hydrogen (secondary N) is 1. The number of hydrogen-bond acceptors (Lipinski definition) is 10. The average Bonchev–Trinajstić information content (AvgIpc) is 3.33. The first-order valence-electron chi connectivity index (χ1n) is 25.9. The van der Waals surface area contributed by atoms with Crippen LogP contribution in [0.15, 0.2) is 122 Å². The van der Waals surface area contributed by atoms with Crippen molar-refractivity contribution in [1.82, 2.24) is 5.32 Å². The average molecular weight is 950 g/mol. The molecule has 8 unspecified atom stereocenters. The van der Waals surface area contributed by atoms with E-state index >= 15 is 0 Å². The molecule has 1 aliphatic heterocycles. The smallest absolute Gasteiger partial charge is 0.306 e. The fourth-order valence-corrected chi connectivity index (χ4v) is 7.21. The van der Waals surface area contributed by atoms with E-state index in [-0.39, 0.29) is 19.4 Å². The summed E-state index contributed by atoms with van der Waals surface area (Å²) in [5, 5.41) is 56.5. The van der Waals surface area contributed by atoms with Crippen LogP contribution in [0.2, 0.25) is 0 Å². The number of allylic oxidation sites excluding steroid dienone is 19. The van der Waals surface area contributed by atoms with Crippen molar-refractivity contribution in [3.63, 3.8) is 0 Å². The summed E-state index contributed by atoms with van der Waals surface area (Å²) < 4.78 is 17.4. The zero-order valence-corrected chi connectivity index (χ0v) is 41.9. The normalized spacial score (nSPS) is 21.0. The Morgan fingerprint density at radius 2 is 1.06 bits per heavy atom. The lowest BCUT2D eigenvalue weighted by atomic mass is 9.99. The lowest BCUT2D eigenvalue weighted by molar-refractivity contribution is -0.305. The molecule has 1 amide bonds. The minimum Gasteiger partial charge on any atom is -0.454 e. The first kappa shape index (κ1) is 62.1. The van der Waals surface area contributed by atoms with Gasteiger partial charge in [0.2, 0.25) is 5.91 Å². The highest BCUT2D eigenvalue weighted by atomic mass is 16.7. The van der Waals surface area contributed by atoms with E-state index in [9.17, 15) is 35.1 Å². The van der Waals surface area contributed by atoms with Gasteiger partial charge in [-0.1, -0.05) is 213 Å². The highest BCUT2D eigenvalue weighted by Crippen LogP contribution is 2.26. The predicted molar refractivity (Wildman–Crippen MR) is 278 cm³/mol. The van der Waals surface area contributed by atoms with Crippen LogP contribution >= 0.6 is 0 Å². The van der Waals surface area contributed by atoms with Crippen LogP contribution in [-0.4, -0.2) is 99.6 Å². The number of aliphatic hydroxyl groups excluding tert-OH is 5. The molecule has 0 spiro atoms. The molecule has 0 bridgehead atoms. The Labute approximate surface area is 410 Å². The molecular weight excluding hydrogens is 859 g/mol. The van der Waals surface area contributed by atoms with E-state index in [1.807, 2.05) is 97.2 Å². The molecule has 11 nitrogen and oxygen atoms in total. The molecule has 6 N–H and O–H groups in total. The molecule has 68 heavy (non-hydrogen) atoms. The number of ether oxygens (including phenoxy) is 3. The summed E-state index contributed by atoms with van der Waals surface area (Å²) in [4.78, 5) is 26.3. The summed E-state index contributed by atoms with van der Waals surface area (Å²) in [7, 11) is 0. The fourth-order valence-electron chi connectivity index (χ4n) is 7.21. The lowest BCUT2D eigenvalue weighted by Gasteiger charge is -2.41. The number of aliphatic hydroxyl groups is 5.